The van der Waals surface area contributed by atoms with E-state index in [1.807, 2.05) is 25.1 Å². The summed E-state index contributed by atoms with van der Waals surface area (Å²) in [7, 11) is 2.10. The van der Waals surface area contributed by atoms with E-state index < -0.39 is 5.54 Å². The van der Waals surface area contributed by atoms with Gasteiger partial charge in [0.25, 0.3) is 0 Å². The molecule has 0 spiro atoms. The Balaban J connectivity index is 1.84. The molecule has 0 radical (unpaired) electrons. The van der Waals surface area contributed by atoms with Gasteiger partial charge in [0.05, 0.1) is 23.3 Å². The zero-order valence-corrected chi connectivity index (χ0v) is 15.7. The lowest BCUT2D eigenvalue weighted by Gasteiger charge is -2.34. The van der Waals surface area contributed by atoms with Crippen molar-refractivity contribution in [3.8, 4) is 11.4 Å². The minimum Gasteiger partial charge on any atom is -0.354 e. The zero-order valence-electron chi connectivity index (χ0n) is 14.9. The number of hydrogen-bond donors (Lipinski definition) is 0. The van der Waals surface area contributed by atoms with Crippen LogP contribution in [-0.4, -0.2) is 38.2 Å². The van der Waals surface area contributed by atoms with Gasteiger partial charge in [0.2, 0.25) is 0 Å². The topological polar surface area (TPSA) is 45.8 Å². The fraction of sp³-hybridized carbons (Fsp3) is 0.250. The smallest absolute Gasteiger partial charge is 0.194 e. The number of aryl methyl sites for hydroxylation is 1. The number of rotatable bonds is 2. The predicted octanol–water partition coefficient (Wildman–Crippen LogP) is 3.82. The van der Waals surface area contributed by atoms with Crippen molar-refractivity contribution in [3.05, 3.63) is 65.5 Å². The van der Waals surface area contributed by atoms with Crippen LogP contribution in [0.4, 0.5) is 0 Å². The number of imidazole rings is 1. The second kappa shape index (κ2) is 5.38. The lowest BCUT2D eigenvalue weighted by atomic mass is 9.82. The van der Waals surface area contributed by atoms with Crippen molar-refractivity contribution in [1.82, 2.24) is 19.3 Å². The first-order valence-corrected chi connectivity index (χ1v) is 9.53. The Morgan fingerprint density at radius 3 is 2.88 bits per heavy atom. The van der Waals surface area contributed by atoms with Gasteiger partial charge in [-0.05, 0) is 32.1 Å². The van der Waals surface area contributed by atoms with Crippen LogP contribution in [0.1, 0.15) is 18.3 Å². The minimum absolute atomic E-state index is 0.135. The van der Waals surface area contributed by atoms with Gasteiger partial charge in [0.15, 0.2) is 4.96 Å². The van der Waals surface area contributed by atoms with Crippen LogP contribution in [0.5, 0.6) is 0 Å². The molecule has 130 valence electrons. The van der Waals surface area contributed by atoms with Gasteiger partial charge in [-0.25, -0.2) is 4.98 Å². The highest BCUT2D eigenvalue weighted by atomic mass is 32.1. The molecule has 3 aromatic heterocycles. The van der Waals surface area contributed by atoms with Crippen molar-refractivity contribution in [2.45, 2.75) is 25.4 Å². The first-order chi connectivity index (χ1) is 12.6. The predicted molar refractivity (Wildman–Crippen MR) is 106 cm³/mol. The Morgan fingerprint density at radius 1 is 1.15 bits per heavy atom. The summed E-state index contributed by atoms with van der Waals surface area (Å²) in [6, 6.07) is 6.22. The van der Waals surface area contributed by atoms with Crippen LogP contribution in [0, 0.1) is 6.92 Å². The molecule has 0 fully saturated rings. The number of aliphatic imine (C=N–C) groups is 1. The van der Waals surface area contributed by atoms with E-state index in [2.05, 4.69) is 59.2 Å². The van der Waals surface area contributed by atoms with Crippen molar-refractivity contribution in [1.29, 1.82) is 0 Å². The maximum atomic E-state index is 5.12. The van der Waals surface area contributed by atoms with E-state index >= 15 is 0 Å². The summed E-state index contributed by atoms with van der Waals surface area (Å²) >= 11 is 1.64. The average Bonchev–Trinajstić information content (AvgIpc) is 3.28. The Hall–Kier alpha value is -2.73. The summed E-state index contributed by atoms with van der Waals surface area (Å²) < 4.78 is 2.18. The van der Waals surface area contributed by atoms with E-state index in [4.69, 9.17) is 15.0 Å². The second-order valence-electron chi connectivity index (χ2n) is 6.81. The SMILES string of the molecule is CC1=NC2(c3c(-c4cccc(C)n4)nc4sccn34)C=CC=CC2N1C. The Bertz CT molecular complexity index is 1100. The summed E-state index contributed by atoms with van der Waals surface area (Å²) in [6.45, 7) is 4.08. The van der Waals surface area contributed by atoms with E-state index in [1.165, 1.54) is 0 Å². The lowest BCUT2D eigenvalue weighted by Crippen LogP contribution is -2.42. The van der Waals surface area contributed by atoms with Crippen LogP contribution >= 0.6 is 11.3 Å². The summed E-state index contributed by atoms with van der Waals surface area (Å²) in [6.07, 6.45) is 10.7. The number of thiazole rings is 1. The Morgan fingerprint density at radius 2 is 2.04 bits per heavy atom. The fourth-order valence-corrected chi connectivity index (χ4v) is 4.70. The lowest BCUT2D eigenvalue weighted by molar-refractivity contribution is 0.348. The van der Waals surface area contributed by atoms with Gasteiger partial charge in [-0.3, -0.25) is 14.4 Å². The largest absolute Gasteiger partial charge is 0.354 e. The van der Waals surface area contributed by atoms with Crippen LogP contribution in [-0.2, 0) is 5.54 Å². The van der Waals surface area contributed by atoms with E-state index in [1.54, 1.807) is 11.3 Å². The maximum absolute atomic E-state index is 5.12. The van der Waals surface area contributed by atoms with E-state index in [9.17, 15) is 0 Å². The van der Waals surface area contributed by atoms with Gasteiger partial charge in [-0.2, -0.15) is 0 Å². The van der Waals surface area contributed by atoms with E-state index in [-0.39, 0.29) is 6.04 Å². The summed E-state index contributed by atoms with van der Waals surface area (Å²) in [5.74, 6) is 1.03. The highest BCUT2D eigenvalue weighted by Gasteiger charge is 2.49. The molecule has 0 saturated heterocycles. The molecule has 6 heteroatoms. The van der Waals surface area contributed by atoms with Gasteiger partial charge in [-0.15, -0.1) is 11.3 Å². The number of likely N-dealkylation sites (N-methyl/N-ethyl adjacent to an activating group) is 1. The summed E-state index contributed by atoms with van der Waals surface area (Å²) in [5, 5.41) is 2.07. The van der Waals surface area contributed by atoms with E-state index in [0.717, 1.165) is 33.6 Å². The Kier molecular flexibility index (Phi) is 3.21. The van der Waals surface area contributed by atoms with Crippen molar-refractivity contribution >= 4 is 22.1 Å². The molecule has 2 atom stereocenters. The number of hydrogen-bond acceptors (Lipinski definition) is 5. The van der Waals surface area contributed by atoms with Crippen molar-refractivity contribution < 1.29 is 0 Å². The molecule has 5 nitrogen and oxygen atoms in total. The number of nitrogens with zero attached hydrogens (tertiary/aromatic N) is 5. The number of allylic oxidation sites excluding steroid dienone is 2. The maximum Gasteiger partial charge on any atom is 0.194 e. The first kappa shape index (κ1) is 15.5. The molecule has 3 aromatic rings. The number of fused-ring (bicyclic) bond motifs is 2. The van der Waals surface area contributed by atoms with Crippen molar-refractivity contribution in [2.24, 2.45) is 4.99 Å². The van der Waals surface area contributed by atoms with Crippen LogP contribution < -0.4 is 0 Å². The molecule has 0 aromatic carbocycles. The zero-order chi connectivity index (χ0) is 17.9. The highest BCUT2D eigenvalue weighted by Crippen LogP contribution is 2.45. The van der Waals surface area contributed by atoms with E-state index in [0.29, 0.717) is 0 Å². The quantitative estimate of drug-likeness (QED) is 0.697. The molecule has 0 bridgehead atoms. The molecule has 1 aliphatic carbocycles. The second-order valence-corrected chi connectivity index (χ2v) is 7.69. The van der Waals surface area contributed by atoms with Crippen LogP contribution in [0.2, 0.25) is 0 Å². The molecular weight excluding hydrogens is 342 g/mol. The van der Waals surface area contributed by atoms with Gasteiger partial charge >= 0.3 is 0 Å². The molecule has 0 saturated carbocycles. The van der Waals surface area contributed by atoms with Crippen molar-refractivity contribution in [2.75, 3.05) is 7.05 Å². The molecule has 5 rings (SSSR count). The van der Waals surface area contributed by atoms with Crippen LogP contribution in [0.25, 0.3) is 16.3 Å². The molecule has 0 N–H and O–H groups in total. The van der Waals surface area contributed by atoms with Gasteiger partial charge in [-0.1, -0.05) is 24.3 Å². The van der Waals surface area contributed by atoms with Crippen molar-refractivity contribution in [3.63, 3.8) is 0 Å². The number of aromatic nitrogens is 3. The molecule has 4 heterocycles. The highest BCUT2D eigenvalue weighted by molar-refractivity contribution is 7.15. The Labute approximate surface area is 156 Å². The van der Waals surface area contributed by atoms with Gasteiger partial charge in [0.1, 0.15) is 11.2 Å². The molecule has 2 unspecified atom stereocenters. The third-order valence-electron chi connectivity index (χ3n) is 5.25. The molecule has 1 aliphatic heterocycles. The molecular formula is C20H19N5S. The molecule has 2 aliphatic rings. The van der Waals surface area contributed by atoms with Gasteiger partial charge in [0, 0.05) is 24.3 Å². The van der Waals surface area contributed by atoms with Crippen LogP contribution in [0.15, 0.2) is 59.1 Å². The third kappa shape index (κ3) is 1.99. The molecule has 0 amide bonds. The molecule has 26 heavy (non-hydrogen) atoms. The number of amidine groups is 1. The number of pyridine rings is 1. The monoisotopic (exact) mass is 361 g/mol. The minimum atomic E-state index is -0.491. The van der Waals surface area contributed by atoms with Gasteiger partial charge < -0.3 is 4.90 Å². The van der Waals surface area contributed by atoms with Crippen LogP contribution in [0.3, 0.4) is 0 Å². The summed E-state index contributed by atoms with van der Waals surface area (Å²) in [4.78, 5) is 18.0. The summed E-state index contributed by atoms with van der Waals surface area (Å²) in [5.41, 5.74) is 3.39. The first-order valence-electron chi connectivity index (χ1n) is 8.65. The average molecular weight is 361 g/mol. The standard InChI is InChI=1S/C20H19N5S/c1-13-7-6-8-15(21-13)17-18(25-11-12-26-19(25)22-17)20-10-5-4-9-16(20)24(3)14(2)23-20/h4-12,16H,1-3H3. The fourth-order valence-electron chi connectivity index (χ4n) is 3.99. The normalized spacial score (nSPS) is 24.3. The third-order valence-corrected chi connectivity index (χ3v) is 6.01.